The van der Waals surface area contributed by atoms with Crippen LogP contribution >= 0.6 is 0 Å². The number of morpholine rings is 1. The van der Waals surface area contributed by atoms with Crippen molar-refractivity contribution in [1.29, 1.82) is 0 Å². The Labute approximate surface area is 121 Å². The maximum absolute atomic E-state index is 11.8. The zero-order valence-electron chi connectivity index (χ0n) is 12.6. The molecule has 0 spiro atoms. The van der Waals surface area contributed by atoms with Crippen LogP contribution in [0.15, 0.2) is 0 Å². The van der Waals surface area contributed by atoms with Gasteiger partial charge < -0.3 is 24.8 Å². The van der Waals surface area contributed by atoms with Crippen LogP contribution in [0.5, 0.6) is 0 Å². The fourth-order valence-corrected chi connectivity index (χ4v) is 1.93. The Balaban J connectivity index is 1.98. The highest BCUT2D eigenvalue weighted by Gasteiger charge is 2.16. The molecule has 1 unspecified atom stereocenters. The predicted molar refractivity (Wildman–Crippen MR) is 76.5 cm³/mol. The topological polar surface area (TPSA) is 71.0 Å². The first-order valence-corrected chi connectivity index (χ1v) is 7.41. The van der Waals surface area contributed by atoms with Crippen molar-refractivity contribution in [2.45, 2.75) is 26.4 Å². The second kappa shape index (κ2) is 10.1. The molecular formula is C14H28N2O4. The van der Waals surface area contributed by atoms with E-state index in [1.54, 1.807) is 0 Å². The summed E-state index contributed by atoms with van der Waals surface area (Å²) in [6, 6.07) is 0. The van der Waals surface area contributed by atoms with Crippen molar-refractivity contribution in [2.24, 2.45) is 5.92 Å². The van der Waals surface area contributed by atoms with Gasteiger partial charge in [0.15, 0.2) is 0 Å². The Hall–Kier alpha value is -0.690. The molecule has 6 heteroatoms. The van der Waals surface area contributed by atoms with Crippen LogP contribution in [0.4, 0.5) is 0 Å². The third kappa shape index (κ3) is 7.79. The maximum atomic E-state index is 11.8. The molecule has 1 saturated heterocycles. The highest BCUT2D eigenvalue weighted by atomic mass is 16.5. The van der Waals surface area contributed by atoms with Gasteiger partial charge in [0.1, 0.15) is 0 Å². The summed E-state index contributed by atoms with van der Waals surface area (Å²) in [6.07, 6.45) is -0.0632. The van der Waals surface area contributed by atoms with Crippen LogP contribution in [-0.4, -0.2) is 74.6 Å². The van der Waals surface area contributed by atoms with Crippen molar-refractivity contribution < 1.29 is 19.4 Å². The molecule has 6 nitrogen and oxygen atoms in total. The molecule has 118 valence electrons. The number of amides is 1. The summed E-state index contributed by atoms with van der Waals surface area (Å²) in [7, 11) is 0. The number of hydrogen-bond donors (Lipinski definition) is 2. The second-order valence-corrected chi connectivity index (χ2v) is 5.53. The standard InChI is InChI=1S/C14H28N2O4/c1-12(2)10-20-11-13(17)9-15-4-3-14(18)16-5-7-19-8-6-16/h12-13,15,17H,3-11H2,1-2H3. The molecule has 0 aromatic heterocycles. The number of aliphatic hydroxyl groups is 1. The average Bonchev–Trinajstić information content (AvgIpc) is 2.44. The minimum absolute atomic E-state index is 0.145. The van der Waals surface area contributed by atoms with E-state index in [1.165, 1.54) is 0 Å². The smallest absolute Gasteiger partial charge is 0.224 e. The molecule has 1 atom stereocenters. The van der Waals surface area contributed by atoms with Gasteiger partial charge in [-0.3, -0.25) is 4.79 Å². The molecule has 0 bridgehead atoms. The molecule has 1 fully saturated rings. The van der Waals surface area contributed by atoms with Crippen LogP contribution in [0, 0.1) is 5.92 Å². The normalized spacial score (nSPS) is 17.5. The number of carbonyl (C=O) groups is 1. The molecule has 0 radical (unpaired) electrons. The number of ether oxygens (including phenoxy) is 2. The molecule has 0 aromatic carbocycles. The lowest BCUT2D eigenvalue weighted by molar-refractivity contribution is -0.135. The highest BCUT2D eigenvalue weighted by molar-refractivity contribution is 5.76. The lowest BCUT2D eigenvalue weighted by Crippen LogP contribution is -2.42. The first-order chi connectivity index (χ1) is 9.59. The van der Waals surface area contributed by atoms with Gasteiger partial charge in [-0.1, -0.05) is 13.8 Å². The number of nitrogens with one attached hydrogen (secondary N) is 1. The van der Waals surface area contributed by atoms with Crippen LogP contribution < -0.4 is 5.32 Å². The van der Waals surface area contributed by atoms with E-state index in [0.717, 1.165) is 0 Å². The van der Waals surface area contributed by atoms with E-state index < -0.39 is 6.10 Å². The van der Waals surface area contributed by atoms with Crippen molar-refractivity contribution in [3.63, 3.8) is 0 Å². The van der Waals surface area contributed by atoms with Crippen molar-refractivity contribution in [3.8, 4) is 0 Å². The summed E-state index contributed by atoms with van der Waals surface area (Å²) < 4.78 is 10.6. The Kier molecular flexibility index (Phi) is 8.77. The number of hydrogen-bond acceptors (Lipinski definition) is 5. The van der Waals surface area contributed by atoms with E-state index in [4.69, 9.17) is 9.47 Å². The summed E-state index contributed by atoms with van der Waals surface area (Å²) in [5.41, 5.74) is 0. The molecule has 0 saturated carbocycles. The summed E-state index contributed by atoms with van der Waals surface area (Å²) in [6.45, 7) is 8.80. The lowest BCUT2D eigenvalue weighted by atomic mass is 10.2. The first-order valence-electron chi connectivity index (χ1n) is 7.41. The summed E-state index contributed by atoms with van der Waals surface area (Å²) in [5.74, 6) is 0.618. The van der Waals surface area contributed by atoms with Crippen LogP contribution in [0.3, 0.4) is 0 Å². The number of aliphatic hydroxyl groups excluding tert-OH is 1. The van der Waals surface area contributed by atoms with Gasteiger partial charge in [-0.2, -0.15) is 0 Å². The first kappa shape index (κ1) is 17.4. The Morgan fingerprint density at radius 2 is 2.05 bits per heavy atom. The van der Waals surface area contributed by atoms with Crippen LogP contribution in [0.2, 0.25) is 0 Å². The largest absolute Gasteiger partial charge is 0.389 e. The van der Waals surface area contributed by atoms with Crippen LogP contribution in [-0.2, 0) is 14.3 Å². The Bertz CT molecular complexity index is 268. The Morgan fingerprint density at radius 3 is 2.70 bits per heavy atom. The molecule has 1 amide bonds. The summed E-state index contributed by atoms with van der Waals surface area (Å²) in [4.78, 5) is 13.7. The van der Waals surface area contributed by atoms with Crippen molar-refractivity contribution in [1.82, 2.24) is 10.2 Å². The van der Waals surface area contributed by atoms with Crippen molar-refractivity contribution in [2.75, 3.05) is 52.6 Å². The zero-order chi connectivity index (χ0) is 14.8. The van der Waals surface area contributed by atoms with Gasteiger partial charge in [0.05, 0.1) is 25.9 Å². The molecule has 0 aliphatic carbocycles. The molecule has 1 heterocycles. The minimum Gasteiger partial charge on any atom is -0.389 e. The van der Waals surface area contributed by atoms with E-state index in [2.05, 4.69) is 19.2 Å². The molecular weight excluding hydrogens is 260 g/mol. The fourth-order valence-electron chi connectivity index (χ4n) is 1.93. The van der Waals surface area contributed by atoms with E-state index in [0.29, 0.717) is 64.9 Å². The number of nitrogens with zero attached hydrogens (tertiary/aromatic N) is 1. The number of carbonyl (C=O) groups excluding carboxylic acids is 1. The molecule has 2 N–H and O–H groups in total. The SMILES string of the molecule is CC(C)COCC(O)CNCCC(=O)N1CCOCC1. The molecule has 1 aliphatic rings. The third-order valence-electron chi connectivity index (χ3n) is 3.02. The second-order valence-electron chi connectivity index (χ2n) is 5.53. The molecule has 20 heavy (non-hydrogen) atoms. The number of rotatable bonds is 9. The third-order valence-corrected chi connectivity index (χ3v) is 3.02. The van der Waals surface area contributed by atoms with E-state index >= 15 is 0 Å². The van der Waals surface area contributed by atoms with Crippen LogP contribution in [0.1, 0.15) is 20.3 Å². The average molecular weight is 288 g/mol. The van der Waals surface area contributed by atoms with Gasteiger partial charge in [0, 0.05) is 39.2 Å². The fraction of sp³-hybridized carbons (Fsp3) is 0.929. The van der Waals surface area contributed by atoms with Gasteiger partial charge in [0.25, 0.3) is 0 Å². The lowest BCUT2D eigenvalue weighted by Gasteiger charge is -2.27. The quantitative estimate of drug-likeness (QED) is 0.578. The predicted octanol–water partition coefficient (Wildman–Crippen LogP) is -0.142. The van der Waals surface area contributed by atoms with E-state index in [9.17, 15) is 9.90 Å². The van der Waals surface area contributed by atoms with E-state index in [1.807, 2.05) is 4.90 Å². The highest BCUT2D eigenvalue weighted by Crippen LogP contribution is 1.99. The summed E-state index contributed by atoms with van der Waals surface area (Å²) >= 11 is 0. The van der Waals surface area contributed by atoms with Crippen molar-refractivity contribution >= 4 is 5.91 Å². The summed E-state index contributed by atoms with van der Waals surface area (Å²) in [5, 5.41) is 12.8. The van der Waals surface area contributed by atoms with Crippen molar-refractivity contribution in [3.05, 3.63) is 0 Å². The van der Waals surface area contributed by atoms with Gasteiger partial charge in [-0.15, -0.1) is 0 Å². The van der Waals surface area contributed by atoms with Gasteiger partial charge in [0.2, 0.25) is 5.91 Å². The van der Waals surface area contributed by atoms with Crippen LogP contribution in [0.25, 0.3) is 0 Å². The molecule has 1 aliphatic heterocycles. The molecule has 1 rings (SSSR count). The molecule has 0 aromatic rings. The minimum atomic E-state index is -0.521. The van der Waals surface area contributed by atoms with Gasteiger partial charge >= 0.3 is 0 Å². The van der Waals surface area contributed by atoms with Gasteiger partial charge in [-0.25, -0.2) is 0 Å². The van der Waals surface area contributed by atoms with E-state index in [-0.39, 0.29) is 5.91 Å². The van der Waals surface area contributed by atoms with Gasteiger partial charge in [-0.05, 0) is 5.92 Å². The monoisotopic (exact) mass is 288 g/mol. The maximum Gasteiger partial charge on any atom is 0.224 e. The Morgan fingerprint density at radius 1 is 1.35 bits per heavy atom. The zero-order valence-corrected chi connectivity index (χ0v) is 12.6.